The second-order valence-corrected chi connectivity index (χ2v) is 4.14. The molecule has 0 atom stereocenters. The molecule has 0 amide bonds. The van der Waals surface area contributed by atoms with Gasteiger partial charge in [-0.05, 0) is 23.8 Å². The zero-order valence-corrected chi connectivity index (χ0v) is 10.4. The Morgan fingerprint density at radius 3 is 2.43 bits per heavy atom. The molecular weight excluding hydrogens is 291 g/mol. The largest absolute Gasteiger partial charge is 0.433 e. The van der Waals surface area contributed by atoms with Crippen molar-refractivity contribution in [3.05, 3.63) is 53.2 Å². The molecular formula is C14H7F5N2. The van der Waals surface area contributed by atoms with Crippen LogP contribution in [0.1, 0.15) is 11.3 Å². The summed E-state index contributed by atoms with van der Waals surface area (Å²) in [5.41, 5.74) is -2.30. The molecule has 0 aliphatic carbocycles. The maximum Gasteiger partial charge on any atom is 0.433 e. The number of hydrogen-bond acceptors (Lipinski definition) is 2. The lowest BCUT2D eigenvalue weighted by Crippen LogP contribution is -2.12. The second kappa shape index (κ2) is 5.48. The molecule has 1 aromatic carbocycles. The molecule has 2 aromatic rings. The van der Waals surface area contributed by atoms with E-state index in [1.807, 2.05) is 0 Å². The van der Waals surface area contributed by atoms with Crippen LogP contribution in [0.4, 0.5) is 22.0 Å². The van der Waals surface area contributed by atoms with Crippen LogP contribution < -0.4 is 0 Å². The van der Waals surface area contributed by atoms with Crippen LogP contribution >= 0.6 is 0 Å². The Kier molecular flexibility index (Phi) is 3.89. The third-order valence-electron chi connectivity index (χ3n) is 2.74. The number of hydrogen-bond donors (Lipinski definition) is 0. The first-order valence-electron chi connectivity index (χ1n) is 5.73. The molecule has 2 nitrogen and oxygen atoms in total. The average Bonchev–Trinajstić information content (AvgIpc) is 2.42. The summed E-state index contributed by atoms with van der Waals surface area (Å²) < 4.78 is 65.5. The predicted molar refractivity (Wildman–Crippen MR) is 63.9 cm³/mol. The number of aromatic nitrogens is 1. The molecule has 1 heterocycles. The van der Waals surface area contributed by atoms with E-state index in [1.54, 1.807) is 6.07 Å². The summed E-state index contributed by atoms with van der Waals surface area (Å²) in [5, 5.41) is 8.52. The van der Waals surface area contributed by atoms with Crippen molar-refractivity contribution < 1.29 is 22.0 Å². The number of pyridine rings is 1. The van der Waals surface area contributed by atoms with Gasteiger partial charge in [0, 0.05) is 5.56 Å². The molecule has 21 heavy (non-hydrogen) atoms. The zero-order valence-electron chi connectivity index (χ0n) is 10.4. The third-order valence-corrected chi connectivity index (χ3v) is 2.74. The zero-order chi connectivity index (χ0) is 15.6. The van der Waals surface area contributed by atoms with Gasteiger partial charge >= 0.3 is 6.18 Å². The summed E-state index contributed by atoms with van der Waals surface area (Å²) in [6.07, 6.45) is -5.26. The molecule has 0 aliphatic rings. The SMILES string of the molecule is N#CCc1ccc(-c2cccc(F)c2F)nc1C(F)(F)F. The monoisotopic (exact) mass is 298 g/mol. The second-order valence-electron chi connectivity index (χ2n) is 4.14. The number of benzene rings is 1. The van der Waals surface area contributed by atoms with Crippen LogP contribution in [0, 0.1) is 23.0 Å². The Balaban J connectivity index is 2.62. The van der Waals surface area contributed by atoms with Crippen molar-refractivity contribution in [2.75, 3.05) is 0 Å². The maximum atomic E-state index is 13.6. The molecule has 1 aromatic heterocycles. The average molecular weight is 298 g/mol. The fraction of sp³-hybridized carbons (Fsp3) is 0.143. The third kappa shape index (κ3) is 2.99. The van der Waals surface area contributed by atoms with Crippen LogP contribution in [-0.2, 0) is 12.6 Å². The summed E-state index contributed by atoms with van der Waals surface area (Å²) in [5.74, 6) is -2.45. The first-order valence-corrected chi connectivity index (χ1v) is 5.73. The van der Waals surface area contributed by atoms with Crippen molar-refractivity contribution in [3.8, 4) is 17.3 Å². The van der Waals surface area contributed by atoms with Gasteiger partial charge in [-0.25, -0.2) is 13.8 Å². The normalized spacial score (nSPS) is 11.2. The highest BCUT2D eigenvalue weighted by molar-refractivity contribution is 5.60. The van der Waals surface area contributed by atoms with Crippen LogP contribution in [0.2, 0.25) is 0 Å². The van der Waals surface area contributed by atoms with Gasteiger partial charge in [-0.15, -0.1) is 0 Å². The van der Waals surface area contributed by atoms with E-state index in [4.69, 9.17) is 5.26 Å². The Bertz CT molecular complexity index is 716. The standard InChI is InChI=1S/C14H7F5N2/c15-10-3-1-2-9(12(10)16)11-5-4-8(6-7-20)13(21-11)14(17,18)19/h1-5H,6H2. The number of nitriles is 1. The fourth-order valence-electron chi connectivity index (χ4n) is 1.81. The van der Waals surface area contributed by atoms with Crippen molar-refractivity contribution in [1.29, 1.82) is 5.26 Å². The van der Waals surface area contributed by atoms with Crippen molar-refractivity contribution in [1.82, 2.24) is 4.98 Å². The Morgan fingerprint density at radius 2 is 1.81 bits per heavy atom. The molecule has 0 bridgehead atoms. The molecule has 108 valence electrons. The maximum absolute atomic E-state index is 13.6. The van der Waals surface area contributed by atoms with Crippen molar-refractivity contribution in [2.24, 2.45) is 0 Å². The van der Waals surface area contributed by atoms with Gasteiger partial charge < -0.3 is 0 Å². The molecule has 7 heteroatoms. The van der Waals surface area contributed by atoms with Gasteiger partial charge in [-0.3, -0.25) is 0 Å². The minimum Gasteiger partial charge on any atom is -0.243 e. The van der Waals surface area contributed by atoms with E-state index in [1.165, 1.54) is 6.07 Å². The molecule has 0 saturated carbocycles. The van der Waals surface area contributed by atoms with E-state index in [0.717, 1.165) is 24.3 Å². The minimum atomic E-state index is -4.79. The van der Waals surface area contributed by atoms with Crippen molar-refractivity contribution >= 4 is 0 Å². The molecule has 2 rings (SSSR count). The quantitative estimate of drug-likeness (QED) is 0.782. The van der Waals surface area contributed by atoms with Crippen LogP contribution in [0.15, 0.2) is 30.3 Å². The predicted octanol–water partition coefficient (Wildman–Crippen LogP) is 4.11. The lowest BCUT2D eigenvalue weighted by atomic mass is 10.1. The first-order chi connectivity index (χ1) is 9.84. The number of nitrogens with zero attached hydrogens (tertiary/aromatic N) is 2. The van der Waals surface area contributed by atoms with E-state index in [2.05, 4.69) is 4.98 Å². The molecule has 0 radical (unpaired) electrons. The lowest BCUT2D eigenvalue weighted by Gasteiger charge is -2.12. The van der Waals surface area contributed by atoms with Gasteiger partial charge in [-0.1, -0.05) is 12.1 Å². The van der Waals surface area contributed by atoms with Crippen LogP contribution in [0.25, 0.3) is 11.3 Å². The summed E-state index contributed by atoms with van der Waals surface area (Å²) >= 11 is 0. The molecule has 0 spiro atoms. The highest BCUT2D eigenvalue weighted by atomic mass is 19.4. The van der Waals surface area contributed by atoms with Gasteiger partial charge in [-0.2, -0.15) is 18.4 Å². The van der Waals surface area contributed by atoms with E-state index >= 15 is 0 Å². The van der Waals surface area contributed by atoms with Gasteiger partial charge in [0.15, 0.2) is 11.6 Å². The Labute approximate surface area is 116 Å². The van der Waals surface area contributed by atoms with Crippen LogP contribution in [0.3, 0.4) is 0 Å². The number of alkyl halides is 3. The molecule has 0 saturated heterocycles. The van der Waals surface area contributed by atoms with Crippen molar-refractivity contribution in [3.63, 3.8) is 0 Å². The highest BCUT2D eigenvalue weighted by Gasteiger charge is 2.35. The van der Waals surface area contributed by atoms with Gasteiger partial charge in [0.2, 0.25) is 0 Å². The summed E-state index contributed by atoms with van der Waals surface area (Å²) in [6.45, 7) is 0. The number of halogens is 5. The molecule has 0 unspecified atom stereocenters. The number of rotatable bonds is 2. The molecule has 0 fully saturated rings. The molecule has 0 aliphatic heterocycles. The summed E-state index contributed by atoms with van der Waals surface area (Å²) in [7, 11) is 0. The van der Waals surface area contributed by atoms with E-state index in [0.29, 0.717) is 0 Å². The Hall–Kier alpha value is -2.49. The van der Waals surface area contributed by atoms with Crippen LogP contribution in [0.5, 0.6) is 0 Å². The first kappa shape index (κ1) is 14.9. The molecule has 0 N–H and O–H groups in total. The topological polar surface area (TPSA) is 36.7 Å². The summed E-state index contributed by atoms with van der Waals surface area (Å²) in [6, 6.07) is 6.92. The van der Waals surface area contributed by atoms with Gasteiger partial charge in [0.05, 0.1) is 18.2 Å². The van der Waals surface area contributed by atoms with E-state index in [9.17, 15) is 22.0 Å². The van der Waals surface area contributed by atoms with E-state index in [-0.39, 0.29) is 16.8 Å². The van der Waals surface area contributed by atoms with Gasteiger partial charge in [0.25, 0.3) is 0 Å². The summed E-state index contributed by atoms with van der Waals surface area (Å²) in [4.78, 5) is 3.35. The smallest absolute Gasteiger partial charge is 0.243 e. The van der Waals surface area contributed by atoms with E-state index < -0.39 is 29.9 Å². The van der Waals surface area contributed by atoms with Crippen molar-refractivity contribution in [2.45, 2.75) is 12.6 Å². The van der Waals surface area contributed by atoms with Crippen LogP contribution in [-0.4, -0.2) is 4.98 Å². The lowest BCUT2D eigenvalue weighted by molar-refractivity contribution is -0.141. The fourth-order valence-corrected chi connectivity index (χ4v) is 1.81. The minimum absolute atomic E-state index is 0.314. The Morgan fingerprint density at radius 1 is 1.10 bits per heavy atom. The highest BCUT2D eigenvalue weighted by Crippen LogP contribution is 2.33. The van der Waals surface area contributed by atoms with Gasteiger partial charge in [0.1, 0.15) is 5.69 Å².